The van der Waals surface area contributed by atoms with E-state index in [0.717, 1.165) is 24.1 Å². The lowest BCUT2D eigenvalue weighted by Gasteiger charge is -2.36. The third-order valence-corrected chi connectivity index (χ3v) is 5.78. The third-order valence-electron chi connectivity index (χ3n) is 5.78. The van der Waals surface area contributed by atoms with Crippen molar-refractivity contribution in [1.29, 1.82) is 0 Å². The van der Waals surface area contributed by atoms with Gasteiger partial charge in [0.05, 0.1) is 44.3 Å². The van der Waals surface area contributed by atoms with Gasteiger partial charge in [-0.3, -0.25) is 0 Å². The van der Waals surface area contributed by atoms with Crippen LogP contribution in [0.3, 0.4) is 0 Å². The maximum Gasteiger partial charge on any atom is 0.328 e. The van der Waals surface area contributed by atoms with Crippen molar-refractivity contribution in [1.82, 2.24) is 19.9 Å². The van der Waals surface area contributed by atoms with Gasteiger partial charge in [0.1, 0.15) is 17.7 Å². The first-order chi connectivity index (χ1) is 15.1. The Labute approximate surface area is 178 Å². The van der Waals surface area contributed by atoms with Crippen molar-refractivity contribution in [2.24, 2.45) is 0 Å². The van der Waals surface area contributed by atoms with Crippen molar-refractivity contribution in [3.8, 4) is 11.5 Å². The number of hydrogen-bond donors (Lipinski definition) is 3. The SMILES string of the molecule is CNc1cc2nc3c1ncn3C(=O)N[C@@H]1CC[C@H]1OCc1cc(c(OC)c(OC)c1)N2. The number of imidazole rings is 1. The topological polar surface area (TPSA) is 112 Å². The summed E-state index contributed by atoms with van der Waals surface area (Å²) in [6, 6.07) is 5.36. The summed E-state index contributed by atoms with van der Waals surface area (Å²) in [7, 11) is 4.99. The van der Waals surface area contributed by atoms with E-state index in [9.17, 15) is 4.79 Å². The number of nitrogens with zero attached hydrogens (tertiary/aromatic N) is 3. The lowest BCUT2D eigenvalue weighted by atomic mass is 9.89. The molecule has 4 bridgehead atoms. The van der Waals surface area contributed by atoms with E-state index in [2.05, 4.69) is 25.9 Å². The minimum absolute atomic E-state index is 0.0532. The van der Waals surface area contributed by atoms with E-state index in [4.69, 9.17) is 14.2 Å². The Kier molecular flexibility index (Phi) is 4.78. The predicted molar refractivity (Wildman–Crippen MR) is 115 cm³/mol. The van der Waals surface area contributed by atoms with E-state index >= 15 is 0 Å². The maximum absolute atomic E-state index is 12.9. The molecule has 10 heteroatoms. The quantitative estimate of drug-likeness (QED) is 0.589. The van der Waals surface area contributed by atoms with Crippen molar-refractivity contribution in [2.75, 3.05) is 31.9 Å². The van der Waals surface area contributed by atoms with E-state index in [1.807, 2.05) is 18.2 Å². The van der Waals surface area contributed by atoms with Crippen LogP contribution in [0.4, 0.5) is 22.0 Å². The number of carbonyl (C=O) groups is 1. The molecule has 1 amide bonds. The highest BCUT2D eigenvalue weighted by Crippen LogP contribution is 2.39. The Bertz CT molecular complexity index is 1160. The summed E-state index contributed by atoms with van der Waals surface area (Å²) in [5.41, 5.74) is 3.41. The average molecular weight is 424 g/mol. The molecule has 0 radical (unpaired) electrons. The largest absolute Gasteiger partial charge is 0.493 e. The van der Waals surface area contributed by atoms with Crippen LogP contribution < -0.4 is 25.4 Å². The molecule has 31 heavy (non-hydrogen) atoms. The van der Waals surface area contributed by atoms with Crippen LogP contribution >= 0.6 is 0 Å². The van der Waals surface area contributed by atoms with Crippen molar-refractivity contribution in [3.05, 3.63) is 30.1 Å². The van der Waals surface area contributed by atoms with Crippen LogP contribution in [0.1, 0.15) is 18.4 Å². The molecule has 1 aliphatic heterocycles. The molecule has 2 aliphatic rings. The van der Waals surface area contributed by atoms with Gasteiger partial charge in [-0.1, -0.05) is 0 Å². The van der Waals surface area contributed by atoms with Gasteiger partial charge in [-0.15, -0.1) is 0 Å². The number of nitrogens with one attached hydrogen (secondary N) is 3. The summed E-state index contributed by atoms with van der Waals surface area (Å²) in [4.78, 5) is 22.0. The second-order valence-corrected chi connectivity index (χ2v) is 7.58. The molecule has 1 fully saturated rings. The zero-order valence-corrected chi connectivity index (χ0v) is 17.6. The summed E-state index contributed by atoms with van der Waals surface area (Å²) >= 11 is 0. The van der Waals surface area contributed by atoms with Crippen molar-refractivity contribution >= 4 is 34.4 Å². The van der Waals surface area contributed by atoms with Crippen molar-refractivity contribution in [3.63, 3.8) is 0 Å². The third kappa shape index (κ3) is 3.28. The molecule has 162 valence electrons. The van der Waals surface area contributed by atoms with Gasteiger partial charge in [0.25, 0.3) is 0 Å². The number of carbonyl (C=O) groups excluding carboxylic acids is 1. The molecule has 2 atom stereocenters. The smallest absolute Gasteiger partial charge is 0.328 e. The van der Waals surface area contributed by atoms with E-state index in [1.165, 1.54) is 10.9 Å². The Hall–Kier alpha value is -3.53. The molecule has 3 heterocycles. The first kappa shape index (κ1) is 19.4. The molecule has 5 rings (SSSR count). The maximum atomic E-state index is 12.9. The zero-order chi connectivity index (χ0) is 21.5. The zero-order valence-electron chi connectivity index (χ0n) is 17.6. The molecule has 2 aromatic heterocycles. The van der Waals surface area contributed by atoms with Crippen LogP contribution in [0.25, 0.3) is 11.2 Å². The molecule has 3 aromatic rings. The Balaban J connectivity index is 1.69. The lowest BCUT2D eigenvalue weighted by Crippen LogP contribution is -2.52. The van der Waals surface area contributed by atoms with Crippen LogP contribution in [0.15, 0.2) is 24.5 Å². The van der Waals surface area contributed by atoms with E-state index in [1.54, 1.807) is 21.3 Å². The number of methoxy groups -OCH3 is 2. The predicted octanol–water partition coefficient (Wildman–Crippen LogP) is 2.85. The van der Waals surface area contributed by atoms with Gasteiger partial charge in [0.15, 0.2) is 17.1 Å². The second kappa shape index (κ2) is 7.62. The number of anilines is 3. The number of rotatable bonds is 3. The minimum atomic E-state index is -0.276. The highest BCUT2D eigenvalue weighted by atomic mass is 16.5. The molecule has 1 aromatic carbocycles. The number of amides is 1. The molecule has 10 nitrogen and oxygen atoms in total. The standard InChI is InChI=1S/C21H24N6O4/c1-22-13-8-17-24-14-6-11(7-16(29-2)19(14)30-3)9-31-15-5-4-12(15)25-21(28)27-10-23-18(13)20(27)26-17/h6-8,10,12,15H,4-5,9H2,1-3H3,(H,25,28)(H2,22,24,26)/t12-,15-/m1/s1. The molecule has 1 saturated carbocycles. The normalized spacial score (nSPS) is 20.2. The number of hydrogen-bond acceptors (Lipinski definition) is 8. The van der Waals surface area contributed by atoms with Crippen LogP contribution in [-0.4, -0.2) is 54.0 Å². The van der Waals surface area contributed by atoms with Crippen molar-refractivity contribution < 1.29 is 19.0 Å². The molecule has 3 N–H and O–H groups in total. The molecule has 1 aliphatic carbocycles. The fourth-order valence-electron chi connectivity index (χ4n) is 3.99. The van der Waals surface area contributed by atoms with Gasteiger partial charge in [0, 0.05) is 13.1 Å². The Morgan fingerprint density at radius 3 is 2.81 bits per heavy atom. The summed E-state index contributed by atoms with van der Waals surface area (Å²) in [6.45, 7) is 0.386. The average Bonchev–Trinajstić information content (AvgIpc) is 3.19. The second-order valence-electron chi connectivity index (χ2n) is 7.58. The van der Waals surface area contributed by atoms with Crippen molar-refractivity contribution in [2.45, 2.75) is 31.6 Å². The van der Waals surface area contributed by atoms with E-state index in [0.29, 0.717) is 40.8 Å². The molecule has 0 saturated heterocycles. The summed E-state index contributed by atoms with van der Waals surface area (Å²) in [5.74, 6) is 1.68. The molecular formula is C21H24N6O4. The number of fused-ring (bicyclic) bond motifs is 4. The fraction of sp³-hybridized carbons (Fsp3) is 0.381. The van der Waals surface area contributed by atoms with Gasteiger partial charge >= 0.3 is 6.03 Å². The van der Waals surface area contributed by atoms with Gasteiger partial charge < -0.3 is 30.2 Å². The summed E-state index contributed by atoms with van der Waals surface area (Å²) in [5, 5.41) is 9.48. The van der Waals surface area contributed by atoms with Crippen LogP contribution in [-0.2, 0) is 11.3 Å². The highest BCUT2D eigenvalue weighted by Gasteiger charge is 2.34. The van der Waals surface area contributed by atoms with Gasteiger partial charge in [-0.2, -0.15) is 0 Å². The monoisotopic (exact) mass is 424 g/mol. The van der Waals surface area contributed by atoms with E-state index in [-0.39, 0.29) is 18.2 Å². The summed E-state index contributed by atoms with van der Waals surface area (Å²) < 4.78 is 18.7. The van der Waals surface area contributed by atoms with Crippen LogP contribution in [0.2, 0.25) is 0 Å². The van der Waals surface area contributed by atoms with Gasteiger partial charge in [0.2, 0.25) is 0 Å². The molecule has 0 spiro atoms. The molecular weight excluding hydrogens is 400 g/mol. The van der Waals surface area contributed by atoms with E-state index < -0.39 is 0 Å². The first-order valence-electron chi connectivity index (χ1n) is 10.1. The number of pyridine rings is 1. The minimum Gasteiger partial charge on any atom is -0.493 e. The first-order valence-corrected chi connectivity index (χ1v) is 10.1. The van der Waals surface area contributed by atoms with Crippen LogP contribution in [0, 0.1) is 0 Å². The van der Waals surface area contributed by atoms with Gasteiger partial charge in [-0.05, 0) is 30.5 Å². The Morgan fingerprint density at radius 1 is 1.23 bits per heavy atom. The summed E-state index contributed by atoms with van der Waals surface area (Å²) in [6.07, 6.45) is 3.19. The Morgan fingerprint density at radius 2 is 2.10 bits per heavy atom. The number of aromatic nitrogens is 3. The number of benzene rings is 1. The van der Waals surface area contributed by atoms with Crippen LogP contribution in [0.5, 0.6) is 11.5 Å². The number of ether oxygens (including phenoxy) is 3. The molecule has 0 unspecified atom stereocenters. The lowest BCUT2D eigenvalue weighted by molar-refractivity contribution is -0.0323. The van der Waals surface area contributed by atoms with Gasteiger partial charge in [-0.25, -0.2) is 19.3 Å². The fourth-order valence-corrected chi connectivity index (χ4v) is 3.99. The highest BCUT2D eigenvalue weighted by molar-refractivity contribution is 5.94.